The molecule has 0 radical (unpaired) electrons. The summed E-state index contributed by atoms with van der Waals surface area (Å²) in [4.78, 5) is 11.3. The van der Waals surface area contributed by atoms with Crippen molar-refractivity contribution in [3.63, 3.8) is 0 Å². The molecule has 0 aromatic heterocycles. The average Bonchev–Trinajstić information content (AvgIpc) is 2.16. The van der Waals surface area contributed by atoms with E-state index in [1.807, 2.05) is 0 Å². The zero-order valence-electron chi connectivity index (χ0n) is 7.25. The van der Waals surface area contributed by atoms with Crippen molar-refractivity contribution in [3.05, 3.63) is 30.1 Å². The van der Waals surface area contributed by atoms with Crippen LogP contribution in [-0.2, 0) is 0 Å². The van der Waals surface area contributed by atoms with E-state index < -0.39 is 17.2 Å². The van der Waals surface area contributed by atoms with E-state index in [2.05, 4.69) is 0 Å². The van der Waals surface area contributed by atoms with Crippen LogP contribution in [0.5, 0.6) is 0 Å². The maximum Gasteiger partial charge on any atom is 0.383 e. The highest BCUT2D eigenvalue weighted by Crippen LogP contribution is 2.18. The molecule has 0 fully saturated rings. The summed E-state index contributed by atoms with van der Waals surface area (Å²) in [5.41, 5.74) is -0.196. The lowest BCUT2D eigenvalue weighted by molar-refractivity contribution is -0.0958. The molecular weight excluding hydrogens is 197 g/mol. The highest BCUT2D eigenvalue weighted by atomic mass is 19.4. The van der Waals surface area contributed by atoms with Crippen molar-refractivity contribution < 1.29 is 18.1 Å². The van der Waals surface area contributed by atoms with Gasteiger partial charge in [0, 0.05) is 12.4 Å². The fourth-order valence-corrected chi connectivity index (χ4v) is 0.940. The minimum Gasteiger partial charge on any atom is -0.290 e. The van der Waals surface area contributed by atoms with Gasteiger partial charge in [0.1, 0.15) is 5.82 Å². The van der Waals surface area contributed by atoms with Gasteiger partial charge in [0.2, 0.25) is 0 Å². The van der Waals surface area contributed by atoms with Gasteiger partial charge >= 0.3 is 6.03 Å². The summed E-state index contributed by atoms with van der Waals surface area (Å²) in [6.07, 6.45) is 0. The van der Waals surface area contributed by atoms with Gasteiger partial charge in [-0.3, -0.25) is 4.90 Å². The molecule has 6 heteroatoms. The molecule has 1 aromatic carbocycles. The summed E-state index contributed by atoms with van der Waals surface area (Å²) in [6.45, 7) is 0. The van der Waals surface area contributed by atoms with Crippen LogP contribution in [0.2, 0.25) is 0 Å². The van der Waals surface area contributed by atoms with E-state index in [9.17, 15) is 18.1 Å². The Bertz CT molecular complexity index is 343. The van der Waals surface area contributed by atoms with Crippen LogP contribution in [0.3, 0.4) is 0 Å². The molecule has 76 valence electrons. The molecule has 2 amide bonds. The van der Waals surface area contributed by atoms with Crippen molar-refractivity contribution in [3.8, 4) is 0 Å². The third-order valence-electron chi connectivity index (χ3n) is 1.65. The lowest BCUT2D eigenvalue weighted by atomic mass is 10.3. The second-order valence-corrected chi connectivity index (χ2v) is 2.53. The fourth-order valence-electron chi connectivity index (χ4n) is 0.940. The Hall–Kier alpha value is -1.72. The third-order valence-corrected chi connectivity index (χ3v) is 1.65. The molecule has 0 atom stereocenters. The predicted octanol–water partition coefficient (Wildman–Crippen LogP) is 2.45. The summed E-state index contributed by atoms with van der Waals surface area (Å²) in [5, 5.41) is -1.60. The number of halogens is 3. The van der Waals surface area contributed by atoms with E-state index in [0.29, 0.717) is 4.90 Å². The Morgan fingerprint density at radius 3 is 2.36 bits per heavy atom. The smallest absolute Gasteiger partial charge is 0.290 e. The molecule has 1 rings (SSSR count). The molecule has 14 heavy (non-hydrogen) atoms. The second kappa shape index (κ2) is 3.99. The summed E-state index contributed by atoms with van der Waals surface area (Å²) in [5.74, 6) is -0.731. The van der Waals surface area contributed by atoms with E-state index in [-0.39, 0.29) is 5.69 Å². The van der Waals surface area contributed by atoms with Crippen LogP contribution in [0.15, 0.2) is 24.3 Å². The van der Waals surface area contributed by atoms with E-state index in [0.717, 1.165) is 13.1 Å². The van der Waals surface area contributed by atoms with E-state index in [4.69, 9.17) is 0 Å². The molecule has 1 aromatic rings. The minimum atomic E-state index is -1.60. The standard InChI is InChI=1S/C8H7F3N2O/c1-12(8(14)13(10)11)7-5-3-2-4-6(7)9/h2-5H,1H3. The van der Waals surface area contributed by atoms with Crippen LogP contribution in [-0.4, -0.2) is 18.4 Å². The van der Waals surface area contributed by atoms with Crippen molar-refractivity contribution in [1.82, 2.24) is 5.34 Å². The van der Waals surface area contributed by atoms with Crippen LogP contribution in [0.4, 0.5) is 23.8 Å². The zero-order chi connectivity index (χ0) is 10.7. The number of benzene rings is 1. The maximum absolute atomic E-state index is 13.0. The molecule has 0 N–H and O–H groups in total. The number of rotatable bonds is 1. The molecule has 0 unspecified atom stereocenters. The number of urea groups is 1. The number of carbonyl (C=O) groups excluding carboxylic acids is 1. The third kappa shape index (κ3) is 1.95. The quantitative estimate of drug-likeness (QED) is 0.644. The van der Waals surface area contributed by atoms with Gasteiger partial charge in [0.15, 0.2) is 0 Å². The molecule has 0 aliphatic heterocycles. The van der Waals surface area contributed by atoms with Gasteiger partial charge in [-0.15, -0.1) is 0 Å². The van der Waals surface area contributed by atoms with Gasteiger partial charge < -0.3 is 0 Å². The number of para-hydroxylation sites is 1. The average molecular weight is 204 g/mol. The van der Waals surface area contributed by atoms with Gasteiger partial charge in [-0.2, -0.15) is 0 Å². The van der Waals surface area contributed by atoms with E-state index >= 15 is 0 Å². The first-order chi connectivity index (χ1) is 6.54. The number of nitrogens with zero attached hydrogens (tertiary/aromatic N) is 2. The number of hydrogen-bond donors (Lipinski definition) is 0. The molecule has 0 bridgehead atoms. The largest absolute Gasteiger partial charge is 0.383 e. The molecule has 0 heterocycles. The first-order valence-electron chi connectivity index (χ1n) is 3.68. The Morgan fingerprint density at radius 2 is 1.86 bits per heavy atom. The van der Waals surface area contributed by atoms with Crippen LogP contribution in [0.25, 0.3) is 0 Å². The monoisotopic (exact) mass is 204 g/mol. The molecule has 0 aliphatic rings. The highest BCUT2D eigenvalue weighted by molar-refractivity contribution is 5.90. The Balaban J connectivity index is 2.95. The molecule has 0 spiro atoms. The minimum absolute atomic E-state index is 0.196. The van der Waals surface area contributed by atoms with Crippen molar-refractivity contribution in [1.29, 1.82) is 0 Å². The van der Waals surface area contributed by atoms with Crippen LogP contribution < -0.4 is 4.90 Å². The van der Waals surface area contributed by atoms with Crippen molar-refractivity contribution in [2.75, 3.05) is 11.9 Å². The molecular formula is C8H7F3N2O. The van der Waals surface area contributed by atoms with Crippen LogP contribution >= 0.6 is 0 Å². The topological polar surface area (TPSA) is 23.6 Å². The number of hydrogen-bond acceptors (Lipinski definition) is 1. The summed E-state index contributed by atoms with van der Waals surface area (Å²) >= 11 is 0. The highest BCUT2D eigenvalue weighted by Gasteiger charge is 2.20. The predicted molar refractivity (Wildman–Crippen MR) is 44.3 cm³/mol. The Labute approximate surface area is 78.2 Å². The second-order valence-electron chi connectivity index (χ2n) is 2.53. The molecule has 3 nitrogen and oxygen atoms in total. The van der Waals surface area contributed by atoms with Crippen molar-refractivity contribution >= 4 is 11.7 Å². The molecule has 0 saturated heterocycles. The van der Waals surface area contributed by atoms with Crippen molar-refractivity contribution in [2.24, 2.45) is 0 Å². The van der Waals surface area contributed by atoms with Gasteiger partial charge in [-0.25, -0.2) is 9.18 Å². The number of amides is 2. The van der Waals surface area contributed by atoms with E-state index in [1.165, 1.54) is 18.2 Å². The number of anilines is 1. The zero-order valence-corrected chi connectivity index (χ0v) is 7.25. The summed E-state index contributed by atoms with van der Waals surface area (Å²) in [6, 6.07) is 3.58. The van der Waals surface area contributed by atoms with Gasteiger partial charge in [-0.1, -0.05) is 21.1 Å². The first kappa shape index (κ1) is 10.4. The van der Waals surface area contributed by atoms with Crippen molar-refractivity contribution in [2.45, 2.75) is 0 Å². The van der Waals surface area contributed by atoms with Crippen LogP contribution in [0.1, 0.15) is 0 Å². The Morgan fingerprint density at radius 1 is 1.29 bits per heavy atom. The molecule has 0 aliphatic carbocycles. The summed E-state index contributed by atoms with van der Waals surface area (Å²) in [7, 11) is 1.06. The van der Waals surface area contributed by atoms with Gasteiger partial charge in [0.05, 0.1) is 5.69 Å². The lowest BCUT2D eigenvalue weighted by Crippen LogP contribution is -2.32. The molecule has 0 saturated carbocycles. The first-order valence-corrected chi connectivity index (χ1v) is 3.68. The SMILES string of the molecule is CN(C(=O)N(F)F)c1ccccc1F. The van der Waals surface area contributed by atoms with E-state index in [1.54, 1.807) is 0 Å². The van der Waals surface area contributed by atoms with Gasteiger partial charge in [-0.05, 0) is 12.1 Å². The normalized spacial score (nSPS) is 9.71. The summed E-state index contributed by atoms with van der Waals surface area (Å²) < 4.78 is 36.6. The van der Waals surface area contributed by atoms with Gasteiger partial charge in [0.25, 0.3) is 0 Å². The Kier molecular flexibility index (Phi) is 2.95. The number of carbonyl (C=O) groups is 1. The lowest BCUT2D eigenvalue weighted by Gasteiger charge is -2.16. The maximum atomic E-state index is 13.0. The van der Waals surface area contributed by atoms with Crippen LogP contribution in [0, 0.1) is 5.82 Å². The fraction of sp³-hybridized carbons (Fsp3) is 0.125.